The van der Waals surface area contributed by atoms with E-state index in [-0.39, 0.29) is 5.54 Å². The Bertz CT molecular complexity index is 261. The quantitative estimate of drug-likeness (QED) is 0.789. The third kappa shape index (κ3) is 5.84. The van der Waals surface area contributed by atoms with Gasteiger partial charge in [0.05, 0.1) is 6.07 Å². The molecule has 104 valence electrons. The van der Waals surface area contributed by atoms with E-state index >= 15 is 0 Å². The lowest BCUT2D eigenvalue weighted by molar-refractivity contribution is 0.263. The molecule has 1 aliphatic rings. The highest BCUT2D eigenvalue weighted by Gasteiger charge is 2.24. The highest BCUT2D eigenvalue weighted by molar-refractivity contribution is 5.04. The van der Waals surface area contributed by atoms with Gasteiger partial charge in [0.25, 0.3) is 0 Å². The Kier molecular flexibility index (Phi) is 6.67. The molecule has 0 spiro atoms. The summed E-state index contributed by atoms with van der Waals surface area (Å²) < 4.78 is 0. The lowest BCUT2D eigenvalue weighted by Crippen LogP contribution is -2.45. The summed E-state index contributed by atoms with van der Waals surface area (Å²) in [5.41, 5.74) is -0.361. The van der Waals surface area contributed by atoms with Crippen molar-refractivity contribution in [2.45, 2.75) is 70.9 Å². The minimum absolute atomic E-state index is 0.361. The molecule has 1 heterocycles. The van der Waals surface area contributed by atoms with Crippen molar-refractivity contribution >= 4 is 0 Å². The molecule has 1 saturated heterocycles. The summed E-state index contributed by atoms with van der Waals surface area (Å²) in [6.07, 6.45) is 7.53. The molecular weight excluding hydrogens is 222 g/mol. The average molecular weight is 251 g/mol. The zero-order valence-corrected chi connectivity index (χ0v) is 12.3. The molecule has 3 nitrogen and oxygen atoms in total. The molecule has 0 radical (unpaired) electrons. The van der Waals surface area contributed by atoms with Crippen LogP contribution in [-0.4, -0.2) is 36.1 Å². The second-order valence-electron chi connectivity index (χ2n) is 6.10. The predicted molar refractivity (Wildman–Crippen MR) is 76.4 cm³/mol. The molecule has 1 fully saturated rings. The van der Waals surface area contributed by atoms with Gasteiger partial charge in [-0.15, -0.1) is 0 Å². The molecule has 0 aromatic heterocycles. The van der Waals surface area contributed by atoms with Gasteiger partial charge < -0.3 is 4.90 Å². The van der Waals surface area contributed by atoms with Crippen LogP contribution in [0.5, 0.6) is 0 Å². The van der Waals surface area contributed by atoms with Gasteiger partial charge in [-0.3, -0.25) is 5.32 Å². The molecule has 18 heavy (non-hydrogen) atoms. The van der Waals surface area contributed by atoms with Crippen molar-refractivity contribution in [2.75, 3.05) is 19.6 Å². The van der Waals surface area contributed by atoms with Crippen molar-refractivity contribution in [1.29, 1.82) is 5.26 Å². The van der Waals surface area contributed by atoms with E-state index in [1.165, 1.54) is 38.8 Å². The number of nitrogens with one attached hydrogen (secondary N) is 1. The summed E-state index contributed by atoms with van der Waals surface area (Å²) in [5, 5.41) is 12.7. The highest BCUT2D eigenvalue weighted by atomic mass is 15.1. The van der Waals surface area contributed by atoms with E-state index < -0.39 is 0 Å². The minimum atomic E-state index is -0.361. The van der Waals surface area contributed by atoms with Crippen molar-refractivity contribution in [2.24, 2.45) is 0 Å². The first-order chi connectivity index (χ1) is 8.56. The van der Waals surface area contributed by atoms with Gasteiger partial charge in [0.1, 0.15) is 5.54 Å². The normalized spacial score (nSPS) is 21.3. The lowest BCUT2D eigenvalue weighted by Gasteiger charge is -2.27. The van der Waals surface area contributed by atoms with Crippen LogP contribution in [0.15, 0.2) is 0 Å². The van der Waals surface area contributed by atoms with E-state index in [1.807, 2.05) is 6.92 Å². The van der Waals surface area contributed by atoms with Crippen molar-refractivity contribution in [3.8, 4) is 6.07 Å². The Balaban J connectivity index is 2.28. The highest BCUT2D eigenvalue weighted by Crippen LogP contribution is 2.15. The van der Waals surface area contributed by atoms with Gasteiger partial charge in [0.15, 0.2) is 0 Å². The van der Waals surface area contributed by atoms with Gasteiger partial charge in [0, 0.05) is 6.04 Å². The fraction of sp³-hybridized carbons (Fsp3) is 0.933. The topological polar surface area (TPSA) is 39.1 Å². The Morgan fingerprint density at radius 1 is 1.22 bits per heavy atom. The Morgan fingerprint density at radius 2 is 1.83 bits per heavy atom. The summed E-state index contributed by atoms with van der Waals surface area (Å²) in [7, 11) is 0. The van der Waals surface area contributed by atoms with E-state index in [1.54, 1.807) is 0 Å². The van der Waals surface area contributed by atoms with Crippen molar-refractivity contribution in [1.82, 2.24) is 10.2 Å². The maximum absolute atomic E-state index is 9.29. The zero-order valence-electron chi connectivity index (χ0n) is 12.3. The molecule has 1 atom stereocenters. The number of hydrogen-bond donors (Lipinski definition) is 1. The monoisotopic (exact) mass is 251 g/mol. The zero-order chi connectivity index (χ0) is 13.4. The predicted octanol–water partition coefficient (Wildman–Crippen LogP) is 2.92. The van der Waals surface area contributed by atoms with E-state index in [4.69, 9.17) is 0 Å². The molecule has 1 aliphatic heterocycles. The van der Waals surface area contributed by atoms with Crippen molar-refractivity contribution in [3.05, 3.63) is 0 Å². The molecule has 0 aliphatic carbocycles. The maximum atomic E-state index is 9.29. The SMILES string of the molecule is CC(C)NC(C)(C#N)CCCN1CCCCCC1. The first-order valence-corrected chi connectivity index (χ1v) is 7.47. The van der Waals surface area contributed by atoms with Crippen LogP contribution >= 0.6 is 0 Å². The Labute approximate surface area is 113 Å². The Morgan fingerprint density at radius 3 is 2.33 bits per heavy atom. The van der Waals surface area contributed by atoms with Crippen LogP contribution in [0, 0.1) is 11.3 Å². The summed E-state index contributed by atoms with van der Waals surface area (Å²) in [6.45, 7) is 9.88. The van der Waals surface area contributed by atoms with Crippen LogP contribution in [0.25, 0.3) is 0 Å². The maximum Gasteiger partial charge on any atom is 0.104 e. The van der Waals surface area contributed by atoms with Crippen LogP contribution in [0.2, 0.25) is 0 Å². The third-order valence-electron chi connectivity index (χ3n) is 3.70. The second kappa shape index (κ2) is 7.76. The number of nitriles is 1. The molecule has 0 aromatic carbocycles. The van der Waals surface area contributed by atoms with Gasteiger partial charge in [-0.25, -0.2) is 0 Å². The molecule has 0 bridgehead atoms. The molecule has 0 aromatic rings. The average Bonchev–Trinajstić information content (AvgIpc) is 2.57. The van der Waals surface area contributed by atoms with Gasteiger partial charge in [0.2, 0.25) is 0 Å². The van der Waals surface area contributed by atoms with Gasteiger partial charge in [-0.1, -0.05) is 12.8 Å². The fourth-order valence-corrected chi connectivity index (χ4v) is 2.81. The standard InChI is InChI=1S/C15H29N3/c1-14(2)17-15(3,13-16)9-8-12-18-10-6-4-5-7-11-18/h14,17H,4-12H2,1-3H3. The summed E-state index contributed by atoms with van der Waals surface area (Å²) in [6, 6.07) is 2.80. The molecular formula is C15H29N3. The smallest absolute Gasteiger partial charge is 0.104 e. The van der Waals surface area contributed by atoms with E-state index in [0.29, 0.717) is 6.04 Å². The second-order valence-corrected chi connectivity index (χ2v) is 6.10. The minimum Gasteiger partial charge on any atom is -0.303 e. The van der Waals surface area contributed by atoms with Gasteiger partial charge >= 0.3 is 0 Å². The van der Waals surface area contributed by atoms with Crippen molar-refractivity contribution < 1.29 is 0 Å². The van der Waals surface area contributed by atoms with Crippen LogP contribution in [0.3, 0.4) is 0 Å². The molecule has 1 unspecified atom stereocenters. The Hall–Kier alpha value is -0.590. The van der Waals surface area contributed by atoms with Gasteiger partial charge in [-0.05, 0) is 66.1 Å². The molecule has 0 saturated carbocycles. The summed E-state index contributed by atoms with van der Waals surface area (Å²) in [5.74, 6) is 0. The molecule has 0 amide bonds. The third-order valence-corrected chi connectivity index (χ3v) is 3.70. The van der Waals surface area contributed by atoms with Crippen LogP contribution in [-0.2, 0) is 0 Å². The molecule has 1 rings (SSSR count). The lowest BCUT2D eigenvalue weighted by atomic mass is 9.96. The number of hydrogen-bond acceptors (Lipinski definition) is 3. The number of nitrogens with zero attached hydrogens (tertiary/aromatic N) is 2. The first kappa shape index (κ1) is 15.5. The largest absolute Gasteiger partial charge is 0.303 e. The van der Waals surface area contributed by atoms with Gasteiger partial charge in [-0.2, -0.15) is 5.26 Å². The van der Waals surface area contributed by atoms with E-state index in [9.17, 15) is 5.26 Å². The van der Waals surface area contributed by atoms with Crippen LogP contribution in [0.1, 0.15) is 59.3 Å². The number of likely N-dealkylation sites (tertiary alicyclic amines) is 1. The number of rotatable bonds is 6. The van der Waals surface area contributed by atoms with E-state index in [2.05, 4.69) is 30.1 Å². The van der Waals surface area contributed by atoms with Crippen molar-refractivity contribution in [3.63, 3.8) is 0 Å². The first-order valence-electron chi connectivity index (χ1n) is 7.47. The van der Waals surface area contributed by atoms with Crippen LogP contribution in [0.4, 0.5) is 0 Å². The van der Waals surface area contributed by atoms with E-state index in [0.717, 1.165) is 19.4 Å². The summed E-state index contributed by atoms with van der Waals surface area (Å²) in [4.78, 5) is 2.57. The molecule has 1 N–H and O–H groups in total. The summed E-state index contributed by atoms with van der Waals surface area (Å²) >= 11 is 0. The molecule has 3 heteroatoms. The van der Waals surface area contributed by atoms with Crippen LogP contribution < -0.4 is 5.32 Å². The fourth-order valence-electron chi connectivity index (χ4n) is 2.81.